The van der Waals surface area contributed by atoms with Crippen LogP contribution in [0.3, 0.4) is 0 Å². The summed E-state index contributed by atoms with van der Waals surface area (Å²) in [4.78, 5) is 15.6. The number of aromatic nitrogens is 5. The molecule has 0 fully saturated rings. The van der Waals surface area contributed by atoms with Gasteiger partial charge in [0.1, 0.15) is 5.69 Å². The first kappa shape index (κ1) is 12.5. The van der Waals surface area contributed by atoms with Gasteiger partial charge in [0.2, 0.25) is 5.78 Å². The number of aromatic carboxylic acids is 1. The van der Waals surface area contributed by atoms with Crippen LogP contribution in [0.1, 0.15) is 21.9 Å². The number of fused-ring (bicyclic) bond motifs is 1. The highest BCUT2D eigenvalue weighted by atomic mass is 16.4. The standard InChI is InChI=1S/C13H15N5O2/c1-7-11(8(2)17(4)15-7)9-5-18-6-10(12(19)20)16(3)13(18)14-9/h5-6H,1-4H3,(H,19,20). The molecule has 7 nitrogen and oxygen atoms in total. The zero-order valence-electron chi connectivity index (χ0n) is 11.7. The van der Waals surface area contributed by atoms with E-state index in [0.717, 1.165) is 22.6 Å². The van der Waals surface area contributed by atoms with Gasteiger partial charge in [-0.15, -0.1) is 0 Å². The normalized spacial score (nSPS) is 11.4. The van der Waals surface area contributed by atoms with E-state index in [0.29, 0.717) is 5.78 Å². The molecule has 7 heteroatoms. The Hall–Kier alpha value is -2.57. The van der Waals surface area contributed by atoms with Crippen LogP contribution in [0.5, 0.6) is 0 Å². The number of carbonyl (C=O) groups is 1. The monoisotopic (exact) mass is 273 g/mol. The van der Waals surface area contributed by atoms with Gasteiger partial charge < -0.3 is 9.67 Å². The van der Waals surface area contributed by atoms with E-state index in [-0.39, 0.29) is 5.69 Å². The van der Waals surface area contributed by atoms with Crippen molar-refractivity contribution in [1.29, 1.82) is 0 Å². The SMILES string of the molecule is Cc1nn(C)c(C)c1-c1cn2cc(C(=O)O)n(C)c2n1. The minimum Gasteiger partial charge on any atom is -0.477 e. The maximum atomic E-state index is 11.1. The van der Waals surface area contributed by atoms with Gasteiger partial charge in [0.05, 0.1) is 11.4 Å². The maximum Gasteiger partial charge on any atom is 0.354 e. The van der Waals surface area contributed by atoms with Crippen LogP contribution in [-0.2, 0) is 14.1 Å². The van der Waals surface area contributed by atoms with Gasteiger partial charge in [-0.1, -0.05) is 0 Å². The molecule has 0 aliphatic heterocycles. The Morgan fingerprint density at radius 3 is 2.45 bits per heavy atom. The van der Waals surface area contributed by atoms with E-state index in [2.05, 4.69) is 10.1 Å². The second-order valence-electron chi connectivity index (χ2n) is 4.88. The van der Waals surface area contributed by atoms with Gasteiger partial charge in [0, 0.05) is 37.7 Å². The highest BCUT2D eigenvalue weighted by molar-refractivity contribution is 5.86. The molecule has 0 saturated heterocycles. The predicted molar refractivity (Wildman–Crippen MR) is 72.8 cm³/mol. The number of carboxylic acids is 1. The van der Waals surface area contributed by atoms with Crippen LogP contribution in [0, 0.1) is 13.8 Å². The molecule has 1 N–H and O–H groups in total. The Labute approximate surface area is 115 Å². The fourth-order valence-corrected chi connectivity index (χ4v) is 2.52. The average Bonchev–Trinajstić information content (AvgIpc) is 2.96. The van der Waals surface area contributed by atoms with Gasteiger partial charge in [-0.25, -0.2) is 9.78 Å². The molecule has 3 aromatic rings. The Morgan fingerprint density at radius 1 is 1.25 bits per heavy atom. The van der Waals surface area contributed by atoms with Crippen molar-refractivity contribution in [2.45, 2.75) is 13.8 Å². The number of imidazole rings is 2. The van der Waals surface area contributed by atoms with Gasteiger partial charge in [0.15, 0.2) is 0 Å². The molecule has 0 unspecified atom stereocenters. The van der Waals surface area contributed by atoms with Crippen LogP contribution in [0.15, 0.2) is 12.4 Å². The minimum absolute atomic E-state index is 0.207. The van der Waals surface area contributed by atoms with Crippen LogP contribution in [-0.4, -0.2) is 34.8 Å². The third-order valence-electron chi connectivity index (χ3n) is 3.62. The zero-order valence-corrected chi connectivity index (χ0v) is 11.7. The van der Waals surface area contributed by atoms with Gasteiger partial charge in [-0.3, -0.25) is 9.08 Å². The van der Waals surface area contributed by atoms with E-state index in [4.69, 9.17) is 5.11 Å². The van der Waals surface area contributed by atoms with Crippen molar-refractivity contribution in [3.8, 4) is 11.3 Å². The molecule has 3 rings (SSSR count). The lowest BCUT2D eigenvalue weighted by molar-refractivity contribution is 0.0686. The van der Waals surface area contributed by atoms with Crippen LogP contribution in [0.2, 0.25) is 0 Å². The maximum absolute atomic E-state index is 11.1. The van der Waals surface area contributed by atoms with Gasteiger partial charge >= 0.3 is 5.97 Å². The lowest BCUT2D eigenvalue weighted by atomic mass is 10.1. The Kier molecular flexibility index (Phi) is 2.47. The summed E-state index contributed by atoms with van der Waals surface area (Å²) in [7, 11) is 3.59. The molecular weight excluding hydrogens is 258 g/mol. The van der Waals surface area contributed by atoms with E-state index in [1.165, 1.54) is 0 Å². The fraction of sp³-hybridized carbons (Fsp3) is 0.308. The number of carboxylic acid groups (broad SMARTS) is 1. The smallest absolute Gasteiger partial charge is 0.354 e. The molecular formula is C13H15N5O2. The summed E-state index contributed by atoms with van der Waals surface area (Å²) in [6.45, 7) is 3.93. The lowest BCUT2D eigenvalue weighted by Crippen LogP contribution is -2.04. The molecule has 3 aromatic heterocycles. The van der Waals surface area contributed by atoms with Gasteiger partial charge in [-0.2, -0.15) is 5.10 Å². The summed E-state index contributed by atoms with van der Waals surface area (Å²) in [6.07, 6.45) is 3.40. The molecule has 104 valence electrons. The van der Waals surface area contributed by atoms with Crippen molar-refractivity contribution in [3.05, 3.63) is 29.5 Å². The second-order valence-corrected chi connectivity index (χ2v) is 4.88. The van der Waals surface area contributed by atoms with E-state index in [9.17, 15) is 4.79 Å². The molecule has 0 spiro atoms. The number of rotatable bonds is 2. The average molecular weight is 273 g/mol. The van der Waals surface area contributed by atoms with Crippen molar-refractivity contribution in [2.75, 3.05) is 0 Å². The summed E-state index contributed by atoms with van der Waals surface area (Å²) in [5.41, 5.74) is 3.94. The van der Waals surface area contributed by atoms with Crippen molar-refractivity contribution >= 4 is 11.7 Å². The molecule has 0 atom stereocenters. The Bertz CT molecular complexity index is 837. The molecule has 0 aliphatic rings. The number of nitrogens with zero attached hydrogens (tertiary/aromatic N) is 5. The van der Waals surface area contributed by atoms with E-state index < -0.39 is 5.97 Å². The first-order valence-corrected chi connectivity index (χ1v) is 6.18. The van der Waals surface area contributed by atoms with Crippen LogP contribution < -0.4 is 0 Å². The van der Waals surface area contributed by atoms with E-state index >= 15 is 0 Å². The quantitative estimate of drug-likeness (QED) is 0.765. The van der Waals surface area contributed by atoms with Crippen LogP contribution in [0.4, 0.5) is 0 Å². The Morgan fingerprint density at radius 2 is 1.95 bits per heavy atom. The highest BCUT2D eigenvalue weighted by Gasteiger charge is 2.18. The number of hydrogen-bond donors (Lipinski definition) is 1. The van der Waals surface area contributed by atoms with Crippen molar-refractivity contribution < 1.29 is 9.90 Å². The molecule has 0 bridgehead atoms. The third-order valence-corrected chi connectivity index (χ3v) is 3.62. The topological polar surface area (TPSA) is 77.4 Å². The number of hydrogen-bond acceptors (Lipinski definition) is 3. The lowest BCUT2D eigenvalue weighted by Gasteiger charge is -1.98. The minimum atomic E-state index is -0.965. The molecule has 20 heavy (non-hydrogen) atoms. The fourth-order valence-electron chi connectivity index (χ4n) is 2.52. The van der Waals surface area contributed by atoms with Crippen LogP contribution in [0.25, 0.3) is 17.0 Å². The molecule has 0 amide bonds. The summed E-state index contributed by atoms with van der Waals surface area (Å²) in [5.74, 6) is -0.367. The predicted octanol–water partition coefficient (Wildman–Crippen LogP) is 1.39. The molecule has 3 heterocycles. The Balaban J connectivity index is 2.22. The molecule has 0 aliphatic carbocycles. The second kappa shape index (κ2) is 3.96. The molecule has 0 radical (unpaired) electrons. The van der Waals surface area contributed by atoms with Crippen LogP contribution >= 0.6 is 0 Å². The summed E-state index contributed by atoms with van der Waals surface area (Å²) < 4.78 is 5.11. The first-order chi connectivity index (χ1) is 9.40. The number of aryl methyl sites for hydroxylation is 3. The first-order valence-electron chi connectivity index (χ1n) is 6.18. The molecule has 0 saturated carbocycles. The van der Waals surface area contributed by atoms with Crippen molar-refractivity contribution in [1.82, 2.24) is 23.7 Å². The summed E-state index contributed by atoms with van der Waals surface area (Å²) in [5, 5.41) is 13.5. The largest absolute Gasteiger partial charge is 0.477 e. The zero-order chi connectivity index (χ0) is 14.6. The van der Waals surface area contributed by atoms with Crippen molar-refractivity contribution in [3.63, 3.8) is 0 Å². The third kappa shape index (κ3) is 1.56. The van der Waals surface area contributed by atoms with E-state index in [1.54, 1.807) is 22.2 Å². The van der Waals surface area contributed by atoms with Gasteiger partial charge in [0.25, 0.3) is 0 Å². The summed E-state index contributed by atoms with van der Waals surface area (Å²) in [6, 6.07) is 0. The molecule has 0 aromatic carbocycles. The van der Waals surface area contributed by atoms with E-state index in [1.807, 2.05) is 31.8 Å². The van der Waals surface area contributed by atoms with Gasteiger partial charge in [-0.05, 0) is 13.8 Å². The highest BCUT2D eigenvalue weighted by Crippen LogP contribution is 2.26. The van der Waals surface area contributed by atoms with Crippen molar-refractivity contribution in [2.24, 2.45) is 14.1 Å². The summed E-state index contributed by atoms with van der Waals surface area (Å²) >= 11 is 0.